The third kappa shape index (κ3) is 55.1. The highest BCUT2D eigenvalue weighted by atomic mass is 19.1. The third-order valence-electron chi connectivity index (χ3n) is 9.80. The molecule has 0 aromatic carbocycles. The van der Waals surface area contributed by atoms with Gasteiger partial charge in [0.05, 0.1) is 6.61 Å². The average Bonchev–Trinajstić information content (AvgIpc) is 4.07. The summed E-state index contributed by atoms with van der Waals surface area (Å²) in [5.41, 5.74) is -1.36. The van der Waals surface area contributed by atoms with Gasteiger partial charge >= 0.3 is 0 Å². The number of ether oxygens (including phenoxy) is 1. The Labute approximate surface area is 485 Å². The van der Waals surface area contributed by atoms with Gasteiger partial charge in [-0.1, -0.05) is 247 Å². The first-order chi connectivity index (χ1) is 33.6. The molecule has 0 saturated carbocycles. The Bertz CT molecular complexity index is 1920. The zero-order valence-electron chi connectivity index (χ0n) is 53.4. The first-order valence-electron chi connectivity index (χ1n) is 26.6. The lowest BCUT2D eigenvalue weighted by Gasteiger charge is -2.22. The van der Waals surface area contributed by atoms with E-state index >= 15 is 0 Å². The molecule has 1 fully saturated rings. The highest BCUT2D eigenvalue weighted by Gasteiger charge is 2.38. The van der Waals surface area contributed by atoms with E-state index in [-0.39, 0.29) is 95.6 Å². The fraction of sp³-hybridized carbons (Fsp3) is 0.676. The summed E-state index contributed by atoms with van der Waals surface area (Å²) in [4.78, 5) is 88.3. The van der Waals surface area contributed by atoms with Crippen LogP contribution in [-0.4, -0.2) is 59.0 Å². The summed E-state index contributed by atoms with van der Waals surface area (Å²) >= 11 is 0. The fourth-order valence-electron chi connectivity index (χ4n) is 4.19. The first kappa shape index (κ1) is 93.7. The second kappa shape index (κ2) is 42.2. The van der Waals surface area contributed by atoms with Gasteiger partial charge in [0.15, 0.2) is 52.1 Å². The van der Waals surface area contributed by atoms with Crippen LogP contribution in [0.25, 0.3) is 0 Å². The van der Waals surface area contributed by atoms with E-state index in [1.807, 2.05) is 170 Å². The molecule has 1 saturated heterocycles. The lowest BCUT2D eigenvalue weighted by molar-refractivity contribution is -0.127. The standard InChI is InChI=1S/C9H14O.3C9H16O.C8H13FO.C7H11FO.C7H12O2.C7H12O.3CH4/c1-9(2,3)8(10)7-5-4-6-7;3*1-5-6-7-8(10)9(2,3)4;1-6(9)5-7(10)8(2,3)4;1-5(8)6(9)7(2,3)4;1-7(2,3)6(8)5-4-9-5;1-5-6(8)7(2,3)4;;;/h5H,4,6H2,1-3H3;3*6-7H,5H2,1-4H3;5H,1-4H3;1H2,2-4H3;5H,4H2,1-3H3;5H,1H2,2-4H3;3*1H4/b;3*7-6+;6-5-;;;;;;. The van der Waals surface area contributed by atoms with E-state index < -0.39 is 28.3 Å². The van der Waals surface area contributed by atoms with Gasteiger partial charge in [0.1, 0.15) is 11.9 Å². The van der Waals surface area contributed by atoms with Crippen molar-refractivity contribution in [2.75, 3.05) is 6.61 Å². The molecule has 0 amide bonds. The van der Waals surface area contributed by atoms with Crippen LogP contribution < -0.4 is 0 Å². The Hall–Kier alpha value is -4.64. The van der Waals surface area contributed by atoms with E-state index in [1.54, 1.807) is 59.8 Å². The lowest BCUT2D eigenvalue weighted by atomic mass is 9.81. The Morgan fingerprint density at radius 3 is 0.861 bits per heavy atom. The number of hydrogen-bond acceptors (Lipinski definition) is 9. The number of ketones is 8. The molecule has 462 valence electrons. The highest BCUT2D eigenvalue weighted by Crippen LogP contribution is 2.28. The largest absolute Gasteiger partial charge is 0.365 e. The number of Topliss-reactive ketones (excluding diaryl/α,β-unsaturated/α-hetero) is 3. The zero-order chi connectivity index (χ0) is 62.2. The van der Waals surface area contributed by atoms with Gasteiger partial charge in [0, 0.05) is 49.4 Å². The summed E-state index contributed by atoms with van der Waals surface area (Å²) in [7, 11) is 0. The minimum atomic E-state index is -0.859. The quantitative estimate of drug-likeness (QED) is 0.146. The fourth-order valence-corrected chi connectivity index (χ4v) is 4.19. The second-order valence-electron chi connectivity index (χ2n) is 26.7. The van der Waals surface area contributed by atoms with E-state index in [2.05, 4.69) is 13.2 Å². The summed E-state index contributed by atoms with van der Waals surface area (Å²) in [5, 5.41) is 0. The molecule has 0 bridgehead atoms. The number of carbonyl (C=O) groups is 8. The van der Waals surface area contributed by atoms with Crippen molar-refractivity contribution in [3.05, 3.63) is 85.1 Å². The van der Waals surface area contributed by atoms with Gasteiger partial charge < -0.3 is 4.74 Å². The van der Waals surface area contributed by atoms with E-state index in [1.165, 1.54) is 13.0 Å². The van der Waals surface area contributed by atoms with Gasteiger partial charge in [-0.05, 0) is 68.9 Å². The number of allylic oxidation sites excluding steroid dienone is 12. The smallest absolute Gasteiger partial charge is 0.195 e. The SMILES string of the molecule is C.C.C.C/C(F)=C/C(=O)C(C)(C)C.C=C(F)C(=O)C(C)(C)C.C=CC(=O)C(C)(C)C.CC(C)(C)C(=O)C1=CCC1.CC(C)(C)C(=O)C1CO1.CC/C=C/C(=O)C(C)(C)C.CC/C=C/C(=O)C(C)(C)C.CC/C=C/C(=O)C(C)(C)C. The van der Waals surface area contributed by atoms with Crippen LogP contribution in [0.3, 0.4) is 0 Å². The molecule has 11 heteroatoms. The van der Waals surface area contributed by atoms with E-state index in [0.29, 0.717) is 12.4 Å². The average molecular weight is 1120 g/mol. The summed E-state index contributed by atoms with van der Waals surface area (Å²) in [6, 6.07) is 0. The molecule has 0 N–H and O–H groups in total. The van der Waals surface area contributed by atoms with E-state index in [9.17, 15) is 47.1 Å². The summed E-state index contributed by atoms with van der Waals surface area (Å²) < 4.78 is 29.0. The van der Waals surface area contributed by atoms with Crippen molar-refractivity contribution < 1.29 is 51.9 Å². The first-order valence-corrected chi connectivity index (χ1v) is 26.6. The van der Waals surface area contributed by atoms with Crippen molar-refractivity contribution in [3.8, 4) is 0 Å². The second-order valence-corrected chi connectivity index (χ2v) is 26.7. The van der Waals surface area contributed by atoms with Crippen molar-refractivity contribution >= 4 is 46.3 Å². The number of hydrogen-bond donors (Lipinski definition) is 0. The monoisotopic (exact) mass is 1120 g/mol. The normalized spacial score (nSPS) is 14.0. The van der Waals surface area contributed by atoms with Crippen molar-refractivity contribution in [2.45, 2.75) is 254 Å². The maximum absolute atomic E-state index is 12.1. The van der Waals surface area contributed by atoms with Crippen molar-refractivity contribution in [3.63, 3.8) is 0 Å². The summed E-state index contributed by atoms with van der Waals surface area (Å²) in [5.74, 6) is -0.741. The molecular weight excluding hydrogens is 999 g/mol. The van der Waals surface area contributed by atoms with Crippen LogP contribution in [0, 0.1) is 43.3 Å². The van der Waals surface area contributed by atoms with Crippen LogP contribution in [0.2, 0.25) is 0 Å². The Morgan fingerprint density at radius 2 is 0.785 bits per heavy atom. The Morgan fingerprint density at radius 1 is 0.506 bits per heavy atom. The number of halogens is 2. The molecule has 0 aromatic rings. The minimum Gasteiger partial charge on any atom is -0.365 e. The van der Waals surface area contributed by atoms with Crippen LogP contribution in [0.1, 0.15) is 248 Å². The summed E-state index contributed by atoms with van der Waals surface area (Å²) in [6.45, 7) is 59.1. The van der Waals surface area contributed by atoms with Crippen LogP contribution >= 0.6 is 0 Å². The molecule has 0 radical (unpaired) electrons. The van der Waals surface area contributed by atoms with Gasteiger partial charge in [-0.15, -0.1) is 0 Å². The van der Waals surface area contributed by atoms with Crippen LogP contribution in [0.5, 0.6) is 0 Å². The molecule has 1 aliphatic heterocycles. The van der Waals surface area contributed by atoms with Gasteiger partial charge in [-0.25, -0.2) is 8.78 Å². The number of carbonyl (C=O) groups excluding carboxylic acids is 8. The molecule has 0 aromatic heterocycles. The molecule has 1 atom stereocenters. The van der Waals surface area contributed by atoms with Crippen molar-refractivity contribution in [1.29, 1.82) is 0 Å². The van der Waals surface area contributed by atoms with Gasteiger partial charge in [0.25, 0.3) is 0 Å². The molecule has 79 heavy (non-hydrogen) atoms. The number of rotatable bonds is 11. The molecule has 2 aliphatic rings. The predicted molar refractivity (Wildman–Crippen MR) is 337 cm³/mol. The molecule has 1 aliphatic carbocycles. The molecule has 9 nitrogen and oxygen atoms in total. The maximum atomic E-state index is 12.1. The van der Waals surface area contributed by atoms with Crippen molar-refractivity contribution in [1.82, 2.24) is 0 Å². The third-order valence-corrected chi connectivity index (χ3v) is 9.80. The Kier molecular flexibility index (Phi) is 50.1. The van der Waals surface area contributed by atoms with Crippen molar-refractivity contribution in [2.24, 2.45) is 43.3 Å². The highest BCUT2D eigenvalue weighted by molar-refractivity contribution is 6.00. The maximum Gasteiger partial charge on any atom is 0.195 e. The summed E-state index contributed by atoms with van der Waals surface area (Å²) in [6.07, 6.45) is 19.9. The molecule has 1 heterocycles. The van der Waals surface area contributed by atoms with Crippen LogP contribution in [0.4, 0.5) is 8.78 Å². The Balaban J connectivity index is -0.000000101. The van der Waals surface area contributed by atoms with Crippen LogP contribution in [0.15, 0.2) is 85.1 Å². The zero-order valence-corrected chi connectivity index (χ0v) is 53.4. The topological polar surface area (TPSA) is 149 Å². The molecular formula is C68H122F2O9. The lowest BCUT2D eigenvalue weighted by Crippen LogP contribution is -2.24. The van der Waals surface area contributed by atoms with E-state index in [4.69, 9.17) is 4.74 Å². The number of epoxide rings is 1. The molecule has 0 spiro atoms. The van der Waals surface area contributed by atoms with Gasteiger partial charge in [-0.2, -0.15) is 0 Å². The minimum absolute atomic E-state index is 0. The molecule has 2 rings (SSSR count). The van der Waals surface area contributed by atoms with Crippen LogP contribution in [-0.2, 0) is 43.1 Å². The predicted octanol–water partition coefficient (Wildman–Crippen LogP) is 19.3. The molecule has 1 unspecified atom stereocenters. The van der Waals surface area contributed by atoms with Gasteiger partial charge in [-0.3, -0.25) is 38.4 Å². The van der Waals surface area contributed by atoms with Gasteiger partial charge in [0.2, 0.25) is 0 Å². The van der Waals surface area contributed by atoms with E-state index in [0.717, 1.165) is 43.8 Å².